The number of phenols is 1. The van der Waals surface area contributed by atoms with Crippen LogP contribution in [-0.4, -0.2) is 35.7 Å². The Bertz CT molecular complexity index is 405. The average molecular weight is 266 g/mol. The van der Waals surface area contributed by atoms with Gasteiger partial charge in [-0.25, -0.2) is 4.39 Å². The number of benzene rings is 1. The van der Waals surface area contributed by atoms with Crippen molar-refractivity contribution < 1.29 is 9.50 Å². The molecule has 1 aliphatic rings. The van der Waals surface area contributed by atoms with Crippen LogP contribution >= 0.6 is 0 Å². The first-order chi connectivity index (χ1) is 9.16. The zero-order valence-corrected chi connectivity index (χ0v) is 11.5. The van der Waals surface area contributed by atoms with Crippen molar-refractivity contribution in [2.45, 2.75) is 38.8 Å². The monoisotopic (exact) mass is 266 g/mol. The van der Waals surface area contributed by atoms with Crippen LogP contribution in [0.5, 0.6) is 5.75 Å². The van der Waals surface area contributed by atoms with Crippen LogP contribution in [0.1, 0.15) is 31.7 Å². The van der Waals surface area contributed by atoms with Crippen LogP contribution in [-0.2, 0) is 6.54 Å². The summed E-state index contributed by atoms with van der Waals surface area (Å²) in [6, 6.07) is 5.05. The van der Waals surface area contributed by atoms with Gasteiger partial charge in [0, 0.05) is 19.1 Å². The van der Waals surface area contributed by atoms with Crippen LogP contribution in [0.2, 0.25) is 0 Å². The molecule has 1 heterocycles. The van der Waals surface area contributed by atoms with Crippen molar-refractivity contribution in [3.8, 4) is 5.75 Å². The molecule has 1 unspecified atom stereocenters. The third kappa shape index (κ3) is 4.18. The van der Waals surface area contributed by atoms with Gasteiger partial charge in [-0.05, 0) is 50.6 Å². The standard InChI is InChI=1S/C15H23FN2O/c1-12(18-7-3-2-4-8-18)10-17-11-13-5-6-15(19)14(16)9-13/h5-6,9,12,17,19H,2-4,7-8,10-11H2,1H3. The molecule has 106 valence electrons. The molecule has 1 aromatic carbocycles. The van der Waals surface area contributed by atoms with Gasteiger partial charge in [-0.15, -0.1) is 0 Å². The van der Waals surface area contributed by atoms with Crippen molar-refractivity contribution in [2.24, 2.45) is 0 Å². The van der Waals surface area contributed by atoms with Gasteiger partial charge in [-0.2, -0.15) is 0 Å². The molecule has 2 N–H and O–H groups in total. The van der Waals surface area contributed by atoms with E-state index in [9.17, 15) is 4.39 Å². The molecule has 19 heavy (non-hydrogen) atoms. The van der Waals surface area contributed by atoms with Crippen LogP contribution < -0.4 is 5.32 Å². The van der Waals surface area contributed by atoms with E-state index in [0.717, 1.165) is 12.1 Å². The lowest BCUT2D eigenvalue weighted by molar-refractivity contribution is 0.170. The van der Waals surface area contributed by atoms with Gasteiger partial charge in [0.1, 0.15) is 0 Å². The summed E-state index contributed by atoms with van der Waals surface area (Å²) in [6.07, 6.45) is 3.95. The van der Waals surface area contributed by atoms with Crippen molar-refractivity contribution in [1.29, 1.82) is 0 Å². The zero-order chi connectivity index (χ0) is 13.7. The number of halogens is 1. The van der Waals surface area contributed by atoms with E-state index in [1.54, 1.807) is 6.07 Å². The summed E-state index contributed by atoms with van der Waals surface area (Å²) < 4.78 is 13.2. The topological polar surface area (TPSA) is 35.5 Å². The third-order valence-electron chi connectivity index (χ3n) is 3.79. The second kappa shape index (κ2) is 6.87. The lowest BCUT2D eigenvalue weighted by Crippen LogP contribution is -2.42. The molecule has 1 aliphatic heterocycles. The Morgan fingerprint density at radius 3 is 2.74 bits per heavy atom. The maximum atomic E-state index is 13.2. The van der Waals surface area contributed by atoms with Crippen molar-refractivity contribution >= 4 is 0 Å². The summed E-state index contributed by atoms with van der Waals surface area (Å²) >= 11 is 0. The maximum Gasteiger partial charge on any atom is 0.165 e. The highest BCUT2D eigenvalue weighted by atomic mass is 19.1. The molecule has 0 saturated carbocycles. The van der Waals surface area contributed by atoms with Gasteiger partial charge in [-0.3, -0.25) is 4.90 Å². The first kappa shape index (κ1) is 14.3. The van der Waals surface area contributed by atoms with E-state index < -0.39 is 5.82 Å². The number of piperidine rings is 1. The number of aromatic hydroxyl groups is 1. The van der Waals surface area contributed by atoms with E-state index in [-0.39, 0.29) is 5.75 Å². The molecular formula is C15H23FN2O. The van der Waals surface area contributed by atoms with Crippen LogP contribution in [0.3, 0.4) is 0 Å². The predicted molar refractivity (Wildman–Crippen MR) is 74.7 cm³/mol. The second-order valence-electron chi connectivity index (χ2n) is 5.36. The molecule has 1 aromatic rings. The van der Waals surface area contributed by atoms with Gasteiger partial charge < -0.3 is 10.4 Å². The highest BCUT2D eigenvalue weighted by molar-refractivity contribution is 5.27. The van der Waals surface area contributed by atoms with E-state index in [1.807, 2.05) is 0 Å². The molecule has 1 atom stereocenters. The number of hydrogen-bond acceptors (Lipinski definition) is 3. The van der Waals surface area contributed by atoms with E-state index in [4.69, 9.17) is 5.11 Å². The van der Waals surface area contributed by atoms with Crippen molar-refractivity contribution in [2.75, 3.05) is 19.6 Å². The predicted octanol–water partition coefficient (Wildman–Crippen LogP) is 2.50. The number of phenolic OH excluding ortho intramolecular Hbond substituents is 1. The van der Waals surface area contributed by atoms with E-state index in [0.29, 0.717) is 12.6 Å². The number of rotatable bonds is 5. The summed E-state index contributed by atoms with van der Waals surface area (Å²) in [6.45, 7) is 6.15. The Labute approximate surface area is 114 Å². The Kier molecular flexibility index (Phi) is 5.16. The van der Waals surface area contributed by atoms with Crippen molar-refractivity contribution in [3.63, 3.8) is 0 Å². The summed E-state index contributed by atoms with van der Waals surface area (Å²) in [5.74, 6) is -0.839. The minimum atomic E-state index is -0.552. The molecule has 0 aromatic heterocycles. The first-order valence-electron chi connectivity index (χ1n) is 7.09. The Balaban J connectivity index is 1.74. The molecule has 0 bridgehead atoms. The Morgan fingerprint density at radius 2 is 2.05 bits per heavy atom. The van der Waals surface area contributed by atoms with Crippen LogP contribution in [0.15, 0.2) is 18.2 Å². The quantitative estimate of drug-likeness (QED) is 0.859. The van der Waals surface area contributed by atoms with Gasteiger partial charge in [0.15, 0.2) is 11.6 Å². The van der Waals surface area contributed by atoms with Crippen molar-refractivity contribution in [1.82, 2.24) is 10.2 Å². The maximum absolute atomic E-state index is 13.2. The average Bonchev–Trinajstić information content (AvgIpc) is 2.43. The van der Waals surface area contributed by atoms with Gasteiger partial charge in [-0.1, -0.05) is 12.5 Å². The summed E-state index contributed by atoms with van der Waals surface area (Å²) in [5.41, 5.74) is 0.862. The normalized spacial score (nSPS) is 18.4. The number of nitrogens with one attached hydrogen (secondary N) is 1. The SMILES string of the molecule is CC(CNCc1ccc(O)c(F)c1)N1CCCCC1. The minimum absolute atomic E-state index is 0.287. The smallest absolute Gasteiger partial charge is 0.165 e. The van der Waals surface area contributed by atoms with Gasteiger partial charge in [0.05, 0.1) is 0 Å². The second-order valence-corrected chi connectivity index (χ2v) is 5.36. The summed E-state index contributed by atoms with van der Waals surface area (Å²) in [7, 11) is 0. The van der Waals surface area contributed by atoms with Gasteiger partial charge in [0.25, 0.3) is 0 Å². The van der Waals surface area contributed by atoms with Gasteiger partial charge in [0.2, 0.25) is 0 Å². The highest BCUT2D eigenvalue weighted by Crippen LogP contribution is 2.16. The minimum Gasteiger partial charge on any atom is -0.505 e. The Hall–Kier alpha value is -1.13. The van der Waals surface area contributed by atoms with E-state index in [2.05, 4.69) is 17.1 Å². The molecule has 0 spiro atoms. The fourth-order valence-corrected chi connectivity index (χ4v) is 2.57. The molecule has 1 saturated heterocycles. The van der Waals surface area contributed by atoms with Crippen LogP contribution in [0, 0.1) is 5.82 Å². The molecule has 0 aliphatic carbocycles. The van der Waals surface area contributed by atoms with E-state index in [1.165, 1.54) is 44.5 Å². The molecule has 2 rings (SSSR count). The highest BCUT2D eigenvalue weighted by Gasteiger charge is 2.15. The summed E-state index contributed by atoms with van der Waals surface area (Å²) in [5, 5.41) is 12.5. The largest absolute Gasteiger partial charge is 0.505 e. The lowest BCUT2D eigenvalue weighted by atomic mass is 10.1. The molecule has 1 fully saturated rings. The molecule has 0 amide bonds. The first-order valence-corrected chi connectivity index (χ1v) is 7.09. The number of hydrogen-bond donors (Lipinski definition) is 2. The summed E-state index contributed by atoms with van der Waals surface area (Å²) in [4.78, 5) is 2.51. The molecule has 0 radical (unpaired) electrons. The number of likely N-dealkylation sites (tertiary alicyclic amines) is 1. The fraction of sp³-hybridized carbons (Fsp3) is 0.600. The van der Waals surface area contributed by atoms with Crippen LogP contribution in [0.4, 0.5) is 4.39 Å². The Morgan fingerprint density at radius 1 is 1.32 bits per heavy atom. The van der Waals surface area contributed by atoms with Gasteiger partial charge >= 0.3 is 0 Å². The van der Waals surface area contributed by atoms with Crippen LogP contribution in [0.25, 0.3) is 0 Å². The van der Waals surface area contributed by atoms with E-state index >= 15 is 0 Å². The fourth-order valence-electron chi connectivity index (χ4n) is 2.57. The number of nitrogens with zero attached hydrogens (tertiary/aromatic N) is 1. The van der Waals surface area contributed by atoms with Crippen molar-refractivity contribution in [3.05, 3.63) is 29.6 Å². The lowest BCUT2D eigenvalue weighted by Gasteiger charge is -2.32. The molecule has 4 heteroatoms. The molecule has 3 nitrogen and oxygen atoms in total. The molecular weight excluding hydrogens is 243 g/mol. The third-order valence-corrected chi connectivity index (χ3v) is 3.79. The zero-order valence-electron chi connectivity index (χ0n) is 11.5.